The van der Waals surface area contributed by atoms with Crippen LogP contribution in [0.2, 0.25) is 0 Å². The van der Waals surface area contributed by atoms with E-state index >= 15 is 0 Å². The number of hydrogen-bond acceptors (Lipinski definition) is 4. The summed E-state index contributed by atoms with van der Waals surface area (Å²) in [4.78, 5) is 14.8. The van der Waals surface area contributed by atoms with E-state index < -0.39 is 40.0 Å². The molecule has 3 rings (SSSR count). The van der Waals surface area contributed by atoms with Crippen molar-refractivity contribution in [2.45, 2.75) is 30.5 Å². The van der Waals surface area contributed by atoms with Gasteiger partial charge in [-0.2, -0.15) is 13.2 Å². The van der Waals surface area contributed by atoms with Gasteiger partial charge in [0.25, 0.3) is 5.91 Å². The van der Waals surface area contributed by atoms with Crippen LogP contribution in [0.5, 0.6) is 0 Å². The van der Waals surface area contributed by atoms with E-state index in [0.29, 0.717) is 24.8 Å². The van der Waals surface area contributed by atoms with E-state index in [9.17, 15) is 30.8 Å². The van der Waals surface area contributed by atoms with Crippen molar-refractivity contribution >= 4 is 21.6 Å². The minimum atomic E-state index is -4.79. The summed E-state index contributed by atoms with van der Waals surface area (Å²) in [5.41, 5.74) is -0.924. The molecule has 0 radical (unpaired) electrons. The number of halogens is 4. The van der Waals surface area contributed by atoms with Crippen molar-refractivity contribution in [1.82, 2.24) is 9.62 Å². The van der Waals surface area contributed by atoms with Crippen molar-refractivity contribution in [3.05, 3.63) is 58.9 Å². The van der Waals surface area contributed by atoms with E-state index in [1.807, 2.05) is 4.90 Å². The van der Waals surface area contributed by atoms with Gasteiger partial charge in [-0.15, -0.1) is 0 Å². The van der Waals surface area contributed by atoms with E-state index in [4.69, 9.17) is 0 Å². The summed E-state index contributed by atoms with van der Waals surface area (Å²) in [6.07, 6.45) is -2.98. The molecule has 0 aromatic heterocycles. The number of anilines is 1. The summed E-state index contributed by atoms with van der Waals surface area (Å²) in [6, 6.07) is 6.40. The second-order valence-corrected chi connectivity index (χ2v) is 9.79. The fourth-order valence-corrected chi connectivity index (χ4v) is 4.47. The molecule has 0 bridgehead atoms. The van der Waals surface area contributed by atoms with Crippen LogP contribution in [0.1, 0.15) is 34.3 Å². The van der Waals surface area contributed by atoms with E-state index in [0.717, 1.165) is 29.3 Å². The highest BCUT2D eigenvalue weighted by molar-refractivity contribution is 7.89. The lowest BCUT2D eigenvalue weighted by Gasteiger charge is -2.22. The molecule has 1 heterocycles. The topological polar surface area (TPSA) is 69.7 Å². The zero-order valence-electron chi connectivity index (χ0n) is 17.5. The summed E-state index contributed by atoms with van der Waals surface area (Å²) in [5.74, 6) is -1.76. The largest absolute Gasteiger partial charge is 0.416 e. The molecule has 2 aromatic rings. The fourth-order valence-electron chi connectivity index (χ4n) is 3.54. The van der Waals surface area contributed by atoms with Crippen molar-refractivity contribution in [2.24, 2.45) is 0 Å². The number of hydrogen-bond donors (Lipinski definition) is 1. The first-order valence-corrected chi connectivity index (χ1v) is 11.3. The van der Waals surface area contributed by atoms with Gasteiger partial charge in [-0.25, -0.2) is 17.1 Å². The number of benzene rings is 2. The first kappa shape index (κ1) is 24.0. The first-order chi connectivity index (χ1) is 14.9. The van der Waals surface area contributed by atoms with Crippen molar-refractivity contribution in [3.8, 4) is 0 Å². The second kappa shape index (κ2) is 9.07. The van der Waals surface area contributed by atoms with E-state index in [-0.39, 0.29) is 16.0 Å². The first-order valence-electron chi connectivity index (χ1n) is 9.86. The molecule has 0 atom stereocenters. The van der Waals surface area contributed by atoms with Crippen LogP contribution >= 0.6 is 0 Å². The number of carbonyl (C=O) groups excluding carboxylic acids is 1. The predicted octanol–water partition coefficient (Wildman–Crippen LogP) is 3.63. The van der Waals surface area contributed by atoms with Gasteiger partial charge in [-0.3, -0.25) is 4.79 Å². The van der Waals surface area contributed by atoms with Crippen LogP contribution < -0.4 is 10.2 Å². The molecule has 0 spiro atoms. The lowest BCUT2D eigenvalue weighted by molar-refractivity contribution is -0.138. The Bertz CT molecular complexity index is 1110. The van der Waals surface area contributed by atoms with Crippen molar-refractivity contribution in [1.29, 1.82) is 0 Å². The minimum absolute atomic E-state index is 0.0468. The fraction of sp³-hybridized carbons (Fsp3) is 0.381. The molecule has 1 aliphatic rings. The molecule has 11 heteroatoms. The molecular formula is C21H23F4N3O3S. The quantitative estimate of drug-likeness (QED) is 0.651. The summed E-state index contributed by atoms with van der Waals surface area (Å²) >= 11 is 0. The number of nitrogens with one attached hydrogen (secondary N) is 1. The summed E-state index contributed by atoms with van der Waals surface area (Å²) in [7, 11) is -1.11. The van der Waals surface area contributed by atoms with Crippen LogP contribution in [0.25, 0.3) is 0 Å². The maximum Gasteiger partial charge on any atom is 0.416 e. The average molecular weight is 473 g/mol. The third-order valence-electron chi connectivity index (χ3n) is 5.25. The van der Waals surface area contributed by atoms with Crippen molar-refractivity contribution in [2.75, 3.05) is 32.1 Å². The number of carbonyl (C=O) groups is 1. The van der Waals surface area contributed by atoms with Gasteiger partial charge in [-0.05, 0) is 48.7 Å². The zero-order valence-corrected chi connectivity index (χ0v) is 18.4. The lowest BCUT2D eigenvalue weighted by Crippen LogP contribution is -2.29. The molecule has 1 fully saturated rings. The molecule has 1 N–H and O–H groups in total. The molecular weight excluding hydrogens is 450 g/mol. The van der Waals surface area contributed by atoms with Gasteiger partial charge >= 0.3 is 6.18 Å². The Labute approximate surface area is 183 Å². The summed E-state index contributed by atoms with van der Waals surface area (Å²) in [5, 5.41) is 2.42. The Hall–Kier alpha value is -2.66. The molecule has 2 aromatic carbocycles. The van der Waals surface area contributed by atoms with Gasteiger partial charge in [0.15, 0.2) is 0 Å². The molecule has 1 amide bonds. The summed E-state index contributed by atoms with van der Waals surface area (Å²) < 4.78 is 79.1. The molecule has 0 aliphatic carbocycles. The normalized spacial score (nSPS) is 14.8. The zero-order chi connectivity index (χ0) is 23.7. The van der Waals surface area contributed by atoms with E-state index in [1.165, 1.54) is 32.3 Å². The van der Waals surface area contributed by atoms with Crippen LogP contribution in [-0.2, 0) is 22.7 Å². The van der Waals surface area contributed by atoms with E-state index in [1.54, 1.807) is 0 Å². The number of amides is 1. The van der Waals surface area contributed by atoms with Crippen LogP contribution in [0.15, 0.2) is 41.3 Å². The van der Waals surface area contributed by atoms with Gasteiger partial charge in [0.2, 0.25) is 10.0 Å². The Morgan fingerprint density at radius 1 is 1.09 bits per heavy atom. The van der Waals surface area contributed by atoms with Crippen molar-refractivity contribution in [3.63, 3.8) is 0 Å². The Morgan fingerprint density at radius 2 is 1.75 bits per heavy atom. The molecule has 32 heavy (non-hydrogen) atoms. The second-order valence-electron chi connectivity index (χ2n) is 7.64. The number of rotatable bonds is 6. The minimum Gasteiger partial charge on any atom is -0.371 e. The Kier molecular flexibility index (Phi) is 6.80. The lowest BCUT2D eigenvalue weighted by atomic mass is 10.1. The molecule has 1 saturated heterocycles. The predicted molar refractivity (Wildman–Crippen MR) is 111 cm³/mol. The van der Waals surface area contributed by atoms with Crippen LogP contribution in [0, 0.1) is 5.82 Å². The molecule has 1 aliphatic heterocycles. The highest BCUT2D eigenvalue weighted by Gasteiger charge is 2.34. The molecule has 0 unspecified atom stereocenters. The maximum atomic E-state index is 13.3. The molecule has 174 valence electrons. The van der Waals surface area contributed by atoms with Gasteiger partial charge in [0.1, 0.15) is 5.82 Å². The molecule has 6 nitrogen and oxygen atoms in total. The standard InChI is InChI=1S/C21H23F4N3O3S/c1-27(2)32(30,31)16-7-8-19(28-9-3-4-10-28)17(12-16)20(29)26-13-14-5-6-15(22)11-18(14)21(23,24)25/h5-8,11-12H,3-4,9-10,13H2,1-2H3,(H,26,29). The van der Waals surface area contributed by atoms with Crippen LogP contribution in [0.3, 0.4) is 0 Å². The maximum absolute atomic E-state index is 13.3. The van der Waals surface area contributed by atoms with Crippen molar-refractivity contribution < 1.29 is 30.8 Å². The SMILES string of the molecule is CN(C)S(=O)(=O)c1ccc(N2CCCC2)c(C(=O)NCc2ccc(F)cc2C(F)(F)F)c1. The average Bonchev–Trinajstić information content (AvgIpc) is 3.26. The van der Waals surface area contributed by atoms with Gasteiger partial charge in [0, 0.05) is 39.4 Å². The third-order valence-corrected chi connectivity index (χ3v) is 7.07. The van der Waals surface area contributed by atoms with Gasteiger partial charge in [-0.1, -0.05) is 6.07 Å². The Balaban J connectivity index is 1.95. The van der Waals surface area contributed by atoms with Crippen LogP contribution in [0.4, 0.5) is 23.2 Å². The number of sulfonamides is 1. The van der Waals surface area contributed by atoms with Gasteiger partial charge < -0.3 is 10.2 Å². The molecule has 0 saturated carbocycles. The van der Waals surface area contributed by atoms with Crippen LogP contribution in [-0.4, -0.2) is 45.8 Å². The van der Waals surface area contributed by atoms with Gasteiger partial charge in [0.05, 0.1) is 16.0 Å². The third kappa shape index (κ3) is 5.04. The Morgan fingerprint density at radius 3 is 2.34 bits per heavy atom. The van der Waals surface area contributed by atoms with E-state index in [2.05, 4.69) is 5.32 Å². The number of nitrogens with zero attached hydrogens (tertiary/aromatic N) is 2. The smallest absolute Gasteiger partial charge is 0.371 e. The highest BCUT2D eigenvalue weighted by Crippen LogP contribution is 2.33. The highest BCUT2D eigenvalue weighted by atomic mass is 32.2. The monoisotopic (exact) mass is 473 g/mol. The summed E-state index contributed by atoms with van der Waals surface area (Å²) in [6.45, 7) is 0.852. The number of alkyl halides is 3.